The number of nitrogens with zero attached hydrogens (tertiary/aromatic N) is 1. The van der Waals surface area contributed by atoms with Crippen LogP contribution in [0.5, 0.6) is 0 Å². The summed E-state index contributed by atoms with van der Waals surface area (Å²) in [6, 6.07) is 6.04. The van der Waals surface area contributed by atoms with Gasteiger partial charge < -0.3 is 4.74 Å². The Labute approximate surface area is 115 Å². The Kier molecular flexibility index (Phi) is 4.72. The molecule has 1 aliphatic rings. The number of ether oxygens (including phenoxy) is 1. The van der Waals surface area contributed by atoms with Crippen LogP contribution < -0.4 is 0 Å². The van der Waals surface area contributed by atoms with Gasteiger partial charge in [-0.1, -0.05) is 23.8 Å². The van der Waals surface area contributed by atoms with E-state index in [-0.39, 0.29) is 5.78 Å². The van der Waals surface area contributed by atoms with Crippen LogP contribution in [0.4, 0.5) is 0 Å². The number of benzene rings is 1. The molecule has 1 fully saturated rings. The second kappa shape index (κ2) is 6.31. The number of aryl methyl sites for hydroxylation is 2. The number of hydrogen-bond acceptors (Lipinski definition) is 3. The van der Waals surface area contributed by atoms with Gasteiger partial charge in [-0.15, -0.1) is 0 Å². The summed E-state index contributed by atoms with van der Waals surface area (Å²) in [5, 5.41) is 0. The van der Waals surface area contributed by atoms with Crippen molar-refractivity contribution in [1.29, 1.82) is 0 Å². The monoisotopic (exact) mass is 261 g/mol. The van der Waals surface area contributed by atoms with E-state index < -0.39 is 0 Å². The summed E-state index contributed by atoms with van der Waals surface area (Å²) in [6.45, 7) is 6.50. The van der Waals surface area contributed by atoms with E-state index in [0.29, 0.717) is 12.6 Å². The normalized spacial score (nSPS) is 17.6. The zero-order valence-electron chi connectivity index (χ0n) is 12.1. The van der Waals surface area contributed by atoms with E-state index >= 15 is 0 Å². The second-order valence-electron chi connectivity index (χ2n) is 5.45. The van der Waals surface area contributed by atoms with E-state index in [4.69, 9.17) is 4.74 Å². The third-order valence-corrected chi connectivity index (χ3v) is 3.92. The Balaban J connectivity index is 1.94. The first-order valence-corrected chi connectivity index (χ1v) is 6.95. The first-order chi connectivity index (χ1) is 9.10. The lowest BCUT2D eigenvalue weighted by molar-refractivity contribution is 0.0401. The van der Waals surface area contributed by atoms with Crippen molar-refractivity contribution >= 4 is 5.78 Å². The van der Waals surface area contributed by atoms with Crippen LogP contribution in [-0.4, -0.2) is 43.5 Å². The smallest absolute Gasteiger partial charge is 0.177 e. The number of rotatable bonds is 4. The third kappa shape index (κ3) is 3.64. The number of piperidine rings is 1. The van der Waals surface area contributed by atoms with E-state index in [2.05, 4.69) is 17.9 Å². The maximum absolute atomic E-state index is 12.3. The molecular weight excluding hydrogens is 238 g/mol. The van der Waals surface area contributed by atoms with Crippen molar-refractivity contribution in [3.63, 3.8) is 0 Å². The molecule has 0 aromatic heterocycles. The van der Waals surface area contributed by atoms with Gasteiger partial charge in [-0.05, 0) is 32.3 Å². The van der Waals surface area contributed by atoms with Crippen LogP contribution in [-0.2, 0) is 4.74 Å². The molecule has 1 aromatic rings. The summed E-state index contributed by atoms with van der Waals surface area (Å²) >= 11 is 0. The molecule has 1 heterocycles. The molecule has 0 spiro atoms. The van der Waals surface area contributed by atoms with Crippen molar-refractivity contribution in [2.24, 2.45) is 0 Å². The fourth-order valence-corrected chi connectivity index (χ4v) is 2.72. The number of hydrogen-bond donors (Lipinski definition) is 0. The van der Waals surface area contributed by atoms with Crippen LogP contribution in [0.1, 0.15) is 34.3 Å². The summed E-state index contributed by atoms with van der Waals surface area (Å²) in [7, 11) is 1.77. The molecule has 1 saturated heterocycles. The van der Waals surface area contributed by atoms with Gasteiger partial charge in [-0.3, -0.25) is 9.69 Å². The molecule has 0 radical (unpaired) electrons. The minimum atomic E-state index is 0.230. The zero-order chi connectivity index (χ0) is 13.8. The Bertz CT molecular complexity index is 448. The van der Waals surface area contributed by atoms with E-state index in [9.17, 15) is 4.79 Å². The molecule has 3 heteroatoms. The van der Waals surface area contributed by atoms with Crippen LogP contribution in [0.25, 0.3) is 0 Å². The maximum atomic E-state index is 12.3. The van der Waals surface area contributed by atoms with Gasteiger partial charge in [0.15, 0.2) is 5.78 Å². The fourth-order valence-electron chi connectivity index (χ4n) is 2.72. The van der Waals surface area contributed by atoms with E-state index in [0.717, 1.165) is 37.1 Å². The second-order valence-corrected chi connectivity index (χ2v) is 5.45. The van der Waals surface area contributed by atoms with Crippen LogP contribution in [0.3, 0.4) is 0 Å². The zero-order valence-corrected chi connectivity index (χ0v) is 12.1. The van der Waals surface area contributed by atoms with Crippen LogP contribution in [0.2, 0.25) is 0 Å². The molecule has 0 atom stereocenters. The number of ketones is 1. The molecule has 104 valence electrons. The summed E-state index contributed by atoms with van der Waals surface area (Å²) in [5.74, 6) is 0.230. The number of carbonyl (C=O) groups is 1. The van der Waals surface area contributed by atoms with Crippen molar-refractivity contribution in [2.75, 3.05) is 26.7 Å². The first kappa shape index (κ1) is 14.2. The topological polar surface area (TPSA) is 29.5 Å². The molecule has 0 bridgehead atoms. The number of carbonyl (C=O) groups excluding carboxylic acids is 1. The van der Waals surface area contributed by atoms with Gasteiger partial charge >= 0.3 is 0 Å². The molecule has 0 saturated carbocycles. The third-order valence-electron chi connectivity index (χ3n) is 3.92. The quantitative estimate of drug-likeness (QED) is 0.780. The standard InChI is InChI=1S/C16H23NO2/c1-12-4-5-15(13(2)10-12)16(18)11-17-8-6-14(19-3)7-9-17/h4-5,10,14H,6-9,11H2,1-3H3. The van der Waals surface area contributed by atoms with Gasteiger partial charge in [0.2, 0.25) is 0 Å². The lowest BCUT2D eigenvalue weighted by atomic mass is 10.0. The molecule has 0 unspecified atom stereocenters. The van der Waals surface area contributed by atoms with E-state index in [1.165, 1.54) is 5.56 Å². The van der Waals surface area contributed by atoms with E-state index in [1.54, 1.807) is 7.11 Å². The van der Waals surface area contributed by atoms with Gasteiger partial charge in [-0.25, -0.2) is 0 Å². The summed E-state index contributed by atoms with van der Waals surface area (Å²) in [6.07, 6.45) is 2.42. The van der Waals surface area contributed by atoms with Crippen molar-refractivity contribution in [3.05, 3.63) is 34.9 Å². The molecular formula is C16H23NO2. The minimum absolute atomic E-state index is 0.230. The molecule has 0 amide bonds. The van der Waals surface area contributed by atoms with Crippen molar-refractivity contribution in [2.45, 2.75) is 32.8 Å². The van der Waals surface area contributed by atoms with Crippen molar-refractivity contribution < 1.29 is 9.53 Å². The van der Waals surface area contributed by atoms with Crippen LogP contribution in [0.15, 0.2) is 18.2 Å². The summed E-state index contributed by atoms with van der Waals surface area (Å²) < 4.78 is 5.35. The minimum Gasteiger partial charge on any atom is -0.381 e. The Morgan fingerprint density at radius 2 is 2.00 bits per heavy atom. The van der Waals surface area contributed by atoms with Crippen LogP contribution >= 0.6 is 0 Å². The molecule has 0 N–H and O–H groups in total. The predicted octanol–water partition coefficient (Wildman–Crippen LogP) is 2.60. The number of methoxy groups -OCH3 is 1. The van der Waals surface area contributed by atoms with Gasteiger partial charge in [0, 0.05) is 25.8 Å². The van der Waals surface area contributed by atoms with Gasteiger partial charge in [0.05, 0.1) is 12.6 Å². The average Bonchev–Trinajstić information content (AvgIpc) is 2.39. The Hall–Kier alpha value is -1.19. The highest BCUT2D eigenvalue weighted by Crippen LogP contribution is 2.15. The van der Waals surface area contributed by atoms with Gasteiger partial charge in [-0.2, -0.15) is 0 Å². The molecule has 19 heavy (non-hydrogen) atoms. The van der Waals surface area contributed by atoms with E-state index in [1.807, 2.05) is 19.1 Å². The Morgan fingerprint density at radius 3 is 2.58 bits per heavy atom. The van der Waals surface area contributed by atoms with Gasteiger partial charge in [0.1, 0.15) is 0 Å². The largest absolute Gasteiger partial charge is 0.381 e. The van der Waals surface area contributed by atoms with Crippen molar-refractivity contribution in [1.82, 2.24) is 4.90 Å². The summed E-state index contributed by atoms with van der Waals surface area (Å²) in [4.78, 5) is 14.6. The lowest BCUT2D eigenvalue weighted by Crippen LogP contribution is -2.39. The molecule has 2 rings (SSSR count). The number of likely N-dealkylation sites (tertiary alicyclic amines) is 1. The highest BCUT2D eigenvalue weighted by Gasteiger charge is 2.21. The highest BCUT2D eigenvalue weighted by atomic mass is 16.5. The molecule has 1 aromatic carbocycles. The lowest BCUT2D eigenvalue weighted by Gasteiger charge is -2.30. The SMILES string of the molecule is COC1CCN(CC(=O)c2ccc(C)cc2C)CC1. The fraction of sp³-hybridized carbons (Fsp3) is 0.562. The Morgan fingerprint density at radius 1 is 1.32 bits per heavy atom. The maximum Gasteiger partial charge on any atom is 0.177 e. The molecule has 1 aliphatic heterocycles. The molecule has 3 nitrogen and oxygen atoms in total. The molecule has 0 aliphatic carbocycles. The number of Topliss-reactive ketones (excluding diaryl/α,β-unsaturated/α-hetero) is 1. The van der Waals surface area contributed by atoms with Crippen molar-refractivity contribution in [3.8, 4) is 0 Å². The van der Waals surface area contributed by atoms with Crippen LogP contribution in [0, 0.1) is 13.8 Å². The highest BCUT2D eigenvalue weighted by molar-refractivity contribution is 5.98. The first-order valence-electron chi connectivity index (χ1n) is 6.95. The predicted molar refractivity (Wildman–Crippen MR) is 76.7 cm³/mol. The average molecular weight is 261 g/mol. The summed E-state index contributed by atoms with van der Waals surface area (Å²) in [5.41, 5.74) is 3.14. The van der Waals surface area contributed by atoms with Gasteiger partial charge in [0.25, 0.3) is 0 Å².